The number of hydrogen-bond acceptors (Lipinski definition) is 4. The molecule has 1 aromatic heterocycles. The van der Waals surface area contributed by atoms with Crippen LogP contribution in [-0.4, -0.2) is 22.4 Å². The van der Waals surface area contributed by atoms with Crippen molar-refractivity contribution in [3.05, 3.63) is 46.2 Å². The molecule has 7 heteroatoms. The van der Waals surface area contributed by atoms with Crippen molar-refractivity contribution in [2.24, 2.45) is 0 Å². The number of nitrogens with one attached hydrogen (secondary N) is 2. The Hall–Kier alpha value is -1.85. The molecule has 1 amide bonds. The van der Waals surface area contributed by atoms with Crippen LogP contribution in [0.15, 0.2) is 30.6 Å². The van der Waals surface area contributed by atoms with Gasteiger partial charge < -0.3 is 10.6 Å². The first-order chi connectivity index (χ1) is 10.1. The highest BCUT2D eigenvalue weighted by Gasteiger charge is 2.08. The van der Waals surface area contributed by atoms with Crippen LogP contribution in [0.25, 0.3) is 0 Å². The summed E-state index contributed by atoms with van der Waals surface area (Å²) in [6, 6.07) is 5.22. The van der Waals surface area contributed by atoms with Gasteiger partial charge in [0.05, 0.1) is 21.3 Å². The molecule has 0 aliphatic rings. The van der Waals surface area contributed by atoms with Gasteiger partial charge in [-0.1, -0.05) is 36.2 Å². The van der Waals surface area contributed by atoms with E-state index in [0.717, 1.165) is 6.42 Å². The first-order valence-corrected chi connectivity index (χ1v) is 7.18. The molecule has 0 unspecified atom stereocenters. The summed E-state index contributed by atoms with van der Waals surface area (Å²) in [5, 5.41) is 6.55. The lowest BCUT2D eigenvalue weighted by molar-refractivity contribution is 0.0953. The highest BCUT2D eigenvalue weighted by Crippen LogP contribution is 2.30. The molecule has 0 spiro atoms. The Balaban J connectivity index is 2.09. The van der Waals surface area contributed by atoms with Crippen molar-refractivity contribution in [3.8, 4) is 0 Å². The van der Waals surface area contributed by atoms with E-state index in [2.05, 4.69) is 20.6 Å². The number of hydrogen-bond donors (Lipinski definition) is 2. The normalized spacial score (nSPS) is 10.2. The van der Waals surface area contributed by atoms with Gasteiger partial charge in [0.2, 0.25) is 5.95 Å². The van der Waals surface area contributed by atoms with Crippen LogP contribution in [0, 0.1) is 0 Å². The summed E-state index contributed by atoms with van der Waals surface area (Å²) in [5.41, 5.74) is 1.01. The van der Waals surface area contributed by atoms with Crippen LogP contribution < -0.4 is 10.6 Å². The van der Waals surface area contributed by atoms with E-state index in [1.165, 1.54) is 12.4 Å². The van der Waals surface area contributed by atoms with Crippen molar-refractivity contribution in [1.82, 2.24) is 15.3 Å². The zero-order valence-electron chi connectivity index (χ0n) is 11.4. The van der Waals surface area contributed by atoms with E-state index in [0.29, 0.717) is 33.8 Å². The average Bonchev–Trinajstić information content (AvgIpc) is 2.50. The topological polar surface area (TPSA) is 66.9 Å². The summed E-state index contributed by atoms with van der Waals surface area (Å²) in [6.45, 7) is 2.61. The molecule has 2 rings (SSSR count). The number of aromatic nitrogens is 2. The van der Waals surface area contributed by atoms with Crippen LogP contribution in [0.5, 0.6) is 0 Å². The van der Waals surface area contributed by atoms with Crippen LogP contribution in [0.3, 0.4) is 0 Å². The number of carbonyl (C=O) groups excluding carboxylic acids is 1. The zero-order chi connectivity index (χ0) is 15.2. The van der Waals surface area contributed by atoms with Crippen molar-refractivity contribution in [1.29, 1.82) is 0 Å². The molecule has 0 saturated heterocycles. The highest BCUT2D eigenvalue weighted by molar-refractivity contribution is 6.43. The minimum atomic E-state index is -0.191. The molecule has 5 nitrogen and oxygen atoms in total. The fourth-order valence-electron chi connectivity index (χ4n) is 1.57. The monoisotopic (exact) mass is 324 g/mol. The van der Waals surface area contributed by atoms with E-state index in [-0.39, 0.29) is 5.91 Å². The fraction of sp³-hybridized carbons (Fsp3) is 0.214. The number of carbonyl (C=O) groups is 1. The van der Waals surface area contributed by atoms with Crippen LogP contribution in [0.2, 0.25) is 10.0 Å². The number of amides is 1. The van der Waals surface area contributed by atoms with Crippen LogP contribution >= 0.6 is 23.2 Å². The second-order valence-electron chi connectivity index (χ2n) is 4.28. The van der Waals surface area contributed by atoms with E-state index in [1.807, 2.05) is 6.92 Å². The summed E-state index contributed by atoms with van der Waals surface area (Å²) < 4.78 is 0. The van der Waals surface area contributed by atoms with Gasteiger partial charge in [0.15, 0.2) is 0 Å². The maximum absolute atomic E-state index is 11.7. The van der Waals surface area contributed by atoms with E-state index in [9.17, 15) is 4.79 Å². The summed E-state index contributed by atoms with van der Waals surface area (Å²) in [4.78, 5) is 19.9. The van der Waals surface area contributed by atoms with Crippen molar-refractivity contribution in [2.75, 3.05) is 11.9 Å². The molecule has 110 valence electrons. The summed E-state index contributed by atoms with van der Waals surface area (Å²) in [6.07, 6.45) is 3.79. The Bertz CT molecular complexity index is 631. The van der Waals surface area contributed by atoms with Gasteiger partial charge in [0.1, 0.15) is 0 Å². The number of benzene rings is 1. The quantitative estimate of drug-likeness (QED) is 0.880. The molecular weight excluding hydrogens is 311 g/mol. The molecule has 0 aliphatic heterocycles. The van der Waals surface area contributed by atoms with Crippen molar-refractivity contribution in [2.45, 2.75) is 13.3 Å². The van der Waals surface area contributed by atoms with E-state index in [1.54, 1.807) is 18.2 Å². The number of nitrogens with zero attached hydrogens (tertiary/aromatic N) is 2. The minimum Gasteiger partial charge on any atom is -0.352 e. The Morgan fingerprint density at radius 3 is 2.62 bits per heavy atom. The molecule has 0 saturated carbocycles. The maximum atomic E-state index is 11.7. The lowest BCUT2D eigenvalue weighted by Gasteiger charge is -2.08. The van der Waals surface area contributed by atoms with Crippen LogP contribution in [0.4, 0.5) is 11.6 Å². The number of anilines is 2. The molecule has 0 radical (unpaired) electrons. The highest BCUT2D eigenvalue weighted by atomic mass is 35.5. The third kappa shape index (κ3) is 4.06. The van der Waals surface area contributed by atoms with E-state index in [4.69, 9.17) is 23.2 Å². The average molecular weight is 325 g/mol. The predicted molar refractivity (Wildman–Crippen MR) is 84.4 cm³/mol. The molecule has 1 heterocycles. The Morgan fingerprint density at radius 1 is 1.24 bits per heavy atom. The van der Waals surface area contributed by atoms with Crippen LogP contribution in [0.1, 0.15) is 23.7 Å². The molecule has 2 aromatic rings. The van der Waals surface area contributed by atoms with Crippen molar-refractivity contribution < 1.29 is 4.79 Å². The third-order valence-electron chi connectivity index (χ3n) is 2.65. The van der Waals surface area contributed by atoms with Gasteiger partial charge in [-0.2, -0.15) is 0 Å². The molecule has 2 N–H and O–H groups in total. The van der Waals surface area contributed by atoms with Gasteiger partial charge in [-0.25, -0.2) is 9.97 Å². The molecule has 0 bridgehead atoms. The fourth-order valence-corrected chi connectivity index (χ4v) is 1.92. The second-order valence-corrected chi connectivity index (χ2v) is 5.06. The smallest absolute Gasteiger partial charge is 0.254 e. The SMILES string of the molecule is CCCNC(=O)c1cnc(Nc2cccc(Cl)c2Cl)nc1. The third-order valence-corrected chi connectivity index (χ3v) is 3.47. The van der Waals surface area contributed by atoms with Gasteiger partial charge in [0, 0.05) is 18.9 Å². The molecule has 0 atom stereocenters. The number of halogens is 2. The summed E-state index contributed by atoms with van der Waals surface area (Å²) >= 11 is 12.0. The first kappa shape index (κ1) is 15.5. The maximum Gasteiger partial charge on any atom is 0.254 e. The largest absolute Gasteiger partial charge is 0.352 e. The standard InChI is InChI=1S/C14H14Cl2N4O/c1-2-6-17-13(21)9-7-18-14(19-8-9)20-11-5-3-4-10(15)12(11)16/h3-5,7-8H,2,6H2,1H3,(H,17,21)(H,18,19,20). The van der Waals surface area contributed by atoms with E-state index >= 15 is 0 Å². The Labute approximate surface area is 132 Å². The minimum absolute atomic E-state index is 0.191. The first-order valence-electron chi connectivity index (χ1n) is 6.43. The molecule has 0 aliphatic carbocycles. The molecule has 21 heavy (non-hydrogen) atoms. The van der Waals surface area contributed by atoms with Gasteiger partial charge in [-0.3, -0.25) is 4.79 Å². The second kappa shape index (κ2) is 7.24. The summed E-state index contributed by atoms with van der Waals surface area (Å²) in [5.74, 6) is 0.149. The zero-order valence-corrected chi connectivity index (χ0v) is 12.9. The molecule has 0 fully saturated rings. The lowest BCUT2D eigenvalue weighted by atomic mass is 10.3. The van der Waals surface area contributed by atoms with Gasteiger partial charge >= 0.3 is 0 Å². The Kier molecular flexibility index (Phi) is 5.36. The lowest BCUT2D eigenvalue weighted by Crippen LogP contribution is -2.24. The Morgan fingerprint density at radius 2 is 1.95 bits per heavy atom. The van der Waals surface area contributed by atoms with Crippen molar-refractivity contribution in [3.63, 3.8) is 0 Å². The van der Waals surface area contributed by atoms with Crippen LogP contribution in [-0.2, 0) is 0 Å². The molecule has 1 aromatic carbocycles. The van der Waals surface area contributed by atoms with Gasteiger partial charge in [-0.05, 0) is 18.6 Å². The molecular formula is C14H14Cl2N4O. The number of rotatable bonds is 5. The summed E-state index contributed by atoms with van der Waals surface area (Å²) in [7, 11) is 0. The predicted octanol–water partition coefficient (Wildman–Crippen LogP) is 3.67. The van der Waals surface area contributed by atoms with Gasteiger partial charge in [-0.15, -0.1) is 0 Å². The van der Waals surface area contributed by atoms with E-state index < -0.39 is 0 Å². The van der Waals surface area contributed by atoms with Gasteiger partial charge in [0.25, 0.3) is 5.91 Å². The van der Waals surface area contributed by atoms with Crippen molar-refractivity contribution >= 4 is 40.7 Å².